The molecule has 0 fully saturated rings. The van der Waals surface area contributed by atoms with Crippen LogP contribution < -0.4 is 19.5 Å². The summed E-state index contributed by atoms with van der Waals surface area (Å²) in [7, 11) is 5.13. The number of amides is 1. The molecule has 0 radical (unpaired) electrons. The molecule has 6 nitrogen and oxygen atoms in total. The van der Waals surface area contributed by atoms with Gasteiger partial charge in [-0.2, -0.15) is 0 Å². The van der Waals surface area contributed by atoms with Gasteiger partial charge in [0.1, 0.15) is 12.4 Å². The van der Waals surface area contributed by atoms with Gasteiger partial charge in [0.25, 0.3) is 0 Å². The number of nitrogens with one attached hydrogen (secondary N) is 1. The smallest absolute Gasteiger partial charge is 0.234 e. The first kappa shape index (κ1) is 21.9. The van der Waals surface area contributed by atoms with Gasteiger partial charge in [-0.1, -0.05) is 11.6 Å². The normalized spacial score (nSPS) is 10.6. The number of methoxy groups -OCH3 is 2. The highest BCUT2D eigenvalue weighted by molar-refractivity contribution is 6.30. The summed E-state index contributed by atoms with van der Waals surface area (Å²) in [5, 5.41) is 3.52. The van der Waals surface area contributed by atoms with Crippen molar-refractivity contribution in [2.45, 2.75) is 13.5 Å². The zero-order chi connectivity index (χ0) is 20.5. The fraction of sp³-hybridized carbons (Fsp3) is 0.381. The van der Waals surface area contributed by atoms with Crippen molar-refractivity contribution in [3.8, 4) is 17.2 Å². The van der Waals surface area contributed by atoms with Crippen LogP contribution in [0.2, 0.25) is 5.02 Å². The van der Waals surface area contributed by atoms with Crippen LogP contribution in [0.1, 0.15) is 11.1 Å². The molecule has 0 aliphatic heterocycles. The quantitative estimate of drug-likeness (QED) is 0.613. The molecule has 7 heteroatoms. The summed E-state index contributed by atoms with van der Waals surface area (Å²) < 4.78 is 16.2. The minimum atomic E-state index is -0.0552. The van der Waals surface area contributed by atoms with E-state index in [1.165, 1.54) is 0 Å². The molecule has 0 saturated heterocycles. The Balaban J connectivity index is 1.77. The Bertz CT molecular complexity index is 781. The van der Waals surface area contributed by atoms with E-state index < -0.39 is 0 Å². The molecule has 0 aliphatic rings. The summed E-state index contributed by atoms with van der Waals surface area (Å²) in [6.07, 6.45) is 0. The van der Waals surface area contributed by atoms with Crippen molar-refractivity contribution in [1.29, 1.82) is 0 Å². The third kappa shape index (κ3) is 6.62. The molecule has 0 aromatic heterocycles. The van der Waals surface area contributed by atoms with E-state index in [9.17, 15) is 4.79 Å². The molecule has 0 heterocycles. The van der Waals surface area contributed by atoms with Gasteiger partial charge in [-0.3, -0.25) is 9.69 Å². The minimum absolute atomic E-state index is 0.0552. The summed E-state index contributed by atoms with van der Waals surface area (Å²) in [6, 6.07) is 11.0. The highest BCUT2D eigenvalue weighted by Gasteiger charge is 2.12. The van der Waals surface area contributed by atoms with E-state index in [1.54, 1.807) is 38.5 Å². The van der Waals surface area contributed by atoms with Gasteiger partial charge in [0, 0.05) is 11.6 Å². The Morgan fingerprint density at radius 3 is 2.39 bits per heavy atom. The first-order valence-corrected chi connectivity index (χ1v) is 9.36. The first-order valence-electron chi connectivity index (χ1n) is 8.98. The number of nitrogens with zero attached hydrogens (tertiary/aromatic N) is 1. The number of benzene rings is 2. The predicted octanol–water partition coefficient (Wildman–Crippen LogP) is 3.29. The van der Waals surface area contributed by atoms with Crippen molar-refractivity contribution >= 4 is 17.5 Å². The highest BCUT2D eigenvalue weighted by atomic mass is 35.5. The van der Waals surface area contributed by atoms with Gasteiger partial charge >= 0.3 is 0 Å². The Morgan fingerprint density at radius 2 is 1.75 bits per heavy atom. The van der Waals surface area contributed by atoms with Crippen LogP contribution >= 0.6 is 11.6 Å². The Hall–Kier alpha value is -2.44. The molecular formula is C21H27ClN2O4. The summed E-state index contributed by atoms with van der Waals surface area (Å²) in [5.74, 6) is 2.05. The maximum Gasteiger partial charge on any atom is 0.234 e. The van der Waals surface area contributed by atoms with Crippen LogP contribution in [0, 0.1) is 6.92 Å². The van der Waals surface area contributed by atoms with Crippen LogP contribution in [0.5, 0.6) is 17.2 Å². The van der Waals surface area contributed by atoms with Gasteiger partial charge in [0.2, 0.25) is 5.91 Å². The van der Waals surface area contributed by atoms with Crippen molar-refractivity contribution in [3.05, 3.63) is 52.5 Å². The molecule has 0 unspecified atom stereocenters. The molecule has 1 amide bonds. The molecule has 0 bridgehead atoms. The molecule has 0 saturated carbocycles. The zero-order valence-electron chi connectivity index (χ0n) is 16.8. The highest BCUT2D eigenvalue weighted by Crippen LogP contribution is 2.30. The minimum Gasteiger partial charge on any atom is -0.493 e. The number of halogens is 1. The Labute approximate surface area is 171 Å². The molecule has 1 N–H and O–H groups in total. The summed E-state index contributed by atoms with van der Waals surface area (Å²) in [4.78, 5) is 14.1. The average molecular weight is 407 g/mol. The van der Waals surface area contributed by atoms with E-state index in [0.717, 1.165) is 16.9 Å². The van der Waals surface area contributed by atoms with Gasteiger partial charge in [-0.05, 0) is 61.5 Å². The summed E-state index contributed by atoms with van der Waals surface area (Å²) >= 11 is 5.83. The number of hydrogen-bond donors (Lipinski definition) is 1. The van der Waals surface area contributed by atoms with Crippen LogP contribution in [0.25, 0.3) is 0 Å². The number of carbonyl (C=O) groups is 1. The largest absolute Gasteiger partial charge is 0.493 e. The van der Waals surface area contributed by atoms with Gasteiger partial charge in [0.15, 0.2) is 11.5 Å². The lowest BCUT2D eigenvalue weighted by molar-refractivity contribution is -0.122. The molecule has 0 spiro atoms. The van der Waals surface area contributed by atoms with Crippen LogP contribution in [0.15, 0.2) is 36.4 Å². The number of carbonyl (C=O) groups excluding carboxylic acids is 1. The topological polar surface area (TPSA) is 60.0 Å². The summed E-state index contributed by atoms with van der Waals surface area (Å²) in [6.45, 7) is 3.76. The predicted molar refractivity (Wildman–Crippen MR) is 111 cm³/mol. The summed E-state index contributed by atoms with van der Waals surface area (Å²) in [5.41, 5.74) is 2.17. The third-order valence-corrected chi connectivity index (χ3v) is 4.45. The van der Waals surface area contributed by atoms with Crippen LogP contribution in [-0.2, 0) is 11.3 Å². The molecule has 152 valence electrons. The van der Waals surface area contributed by atoms with E-state index in [1.807, 2.05) is 31.0 Å². The van der Waals surface area contributed by atoms with Crippen molar-refractivity contribution in [2.24, 2.45) is 0 Å². The zero-order valence-corrected chi connectivity index (χ0v) is 17.5. The van der Waals surface area contributed by atoms with Crippen LogP contribution in [0.3, 0.4) is 0 Å². The van der Waals surface area contributed by atoms with Crippen LogP contribution in [-0.4, -0.2) is 51.8 Å². The molecule has 2 aromatic carbocycles. The Morgan fingerprint density at radius 1 is 1.11 bits per heavy atom. The fourth-order valence-corrected chi connectivity index (χ4v) is 2.86. The molecule has 0 atom stereocenters. The molecule has 2 rings (SSSR count). The molecular weight excluding hydrogens is 380 g/mol. The molecule has 0 aliphatic carbocycles. The van der Waals surface area contributed by atoms with E-state index in [0.29, 0.717) is 36.2 Å². The Kier molecular flexibility index (Phi) is 8.42. The fourth-order valence-electron chi connectivity index (χ4n) is 2.73. The second kappa shape index (κ2) is 10.8. The van der Waals surface area contributed by atoms with Gasteiger partial charge in [0.05, 0.1) is 27.3 Å². The second-order valence-corrected chi connectivity index (χ2v) is 6.89. The van der Waals surface area contributed by atoms with Crippen molar-refractivity contribution in [1.82, 2.24) is 10.2 Å². The lowest BCUT2D eigenvalue weighted by atomic mass is 10.1. The maximum absolute atomic E-state index is 12.1. The number of likely N-dealkylation sites (N-methyl/N-ethyl adjacent to an activating group) is 1. The van der Waals surface area contributed by atoms with E-state index in [-0.39, 0.29) is 12.5 Å². The number of ether oxygens (including phenoxy) is 3. The van der Waals surface area contributed by atoms with E-state index in [4.69, 9.17) is 25.8 Å². The van der Waals surface area contributed by atoms with E-state index >= 15 is 0 Å². The third-order valence-electron chi connectivity index (χ3n) is 4.20. The lowest BCUT2D eigenvalue weighted by Gasteiger charge is -2.19. The van der Waals surface area contributed by atoms with Crippen molar-refractivity contribution in [2.75, 3.05) is 41.0 Å². The standard InChI is InChI=1S/C21H27ClN2O4/c1-15-11-19(26-3)20(27-4)12-16(15)13-24(2)14-21(25)23-9-10-28-18-7-5-17(22)6-8-18/h5-8,11-12H,9-10,13-14H2,1-4H3,(H,23,25). The van der Waals surface area contributed by atoms with Crippen molar-refractivity contribution in [3.63, 3.8) is 0 Å². The van der Waals surface area contributed by atoms with Gasteiger partial charge in [-0.25, -0.2) is 0 Å². The lowest BCUT2D eigenvalue weighted by Crippen LogP contribution is -2.36. The molecule has 2 aromatic rings. The van der Waals surface area contributed by atoms with Gasteiger partial charge < -0.3 is 19.5 Å². The first-order chi connectivity index (χ1) is 13.4. The number of aryl methyl sites for hydroxylation is 1. The second-order valence-electron chi connectivity index (χ2n) is 6.46. The monoisotopic (exact) mass is 406 g/mol. The van der Waals surface area contributed by atoms with Crippen LogP contribution in [0.4, 0.5) is 0 Å². The van der Waals surface area contributed by atoms with Crippen molar-refractivity contribution < 1.29 is 19.0 Å². The SMILES string of the molecule is COc1cc(C)c(CN(C)CC(=O)NCCOc2ccc(Cl)cc2)cc1OC. The maximum atomic E-state index is 12.1. The van der Waals surface area contributed by atoms with Gasteiger partial charge in [-0.15, -0.1) is 0 Å². The number of rotatable bonds is 10. The van der Waals surface area contributed by atoms with E-state index in [2.05, 4.69) is 5.32 Å². The molecule has 28 heavy (non-hydrogen) atoms. The number of hydrogen-bond acceptors (Lipinski definition) is 5. The average Bonchev–Trinajstić information content (AvgIpc) is 2.67.